The fourth-order valence-electron chi connectivity index (χ4n) is 2.06. The zero-order chi connectivity index (χ0) is 14.0. The van der Waals surface area contributed by atoms with Gasteiger partial charge in [0, 0.05) is 23.4 Å². The maximum atomic E-state index is 13.0. The van der Waals surface area contributed by atoms with Gasteiger partial charge in [0.15, 0.2) is 6.10 Å². The van der Waals surface area contributed by atoms with Crippen molar-refractivity contribution in [2.45, 2.75) is 37.4 Å². The van der Waals surface area contributed by atoms with Crippen molar-refractivity contribution in [3.8, 4) is 0 Å². The Morgan fingerprint density at radius 1 is 1.47 bits per heavy atom. The molecule has 1 fully saturated rings. The SMILES string of the molecule is O=C(O[C@@H]1CCC(F)(F)C1)[C@H](O)c1ccccc1Cl. The maximum absolute atomic E-state index is 13.0. The molecule has 0 spiro atoms. The number of ether oxygens (including phenoxy) is 1. The molecule has 1 saturated carbocycles. The van der Waals surface area contributed by atoms with Gasteiger partial charge in [0.1, 0.15) is 6.10 Å². The number of carbonyl (C=O) groups excluding carboxylic acids is 1. The highest BCUT2D eigenvalue weighted by Gasteiger charge is 2.42. The highest BCUT2D eigenvalue weighted by atomic mass is 35.5. The van der Waals surface area contributed by atoms with E-state index >= 15 is 0 Å². The molecule has 19 heavy (non-hydrogen) atoms. The molecule has 0 radical (unpaired) electrons. The lowest BCUT2D eigenvalue weighted by atomic mass is 10.1. The summed E-state index contributed by atoms with van der Waals surface area (Å²) in [5.41, 5.74) is 0.207. The lowest BCUT2D eigenvalue weighted by Crippen LogP contribution is -2.23. The summed E-state index contributed by atoms with van der Waals surface area (Å²) in [5.74, 6) is -3.74. The summed E-state index contributed by atoms with van der Waals surface area (Å²) in [6, 6.07) is 6.28. The number of hydrogen-bond acceptors (Lipinski definition) is 3. The molecule has 1 aliphatic carbocycles. The van der Waals surface area contributed by atoms with Crippen LogP contribution in [-0.2, 0) is 9.53 Å². The first-order valence-electron chi connectivity index (χ1n) is 5.90. The van der Waals surface area contributed by atoms with Gasteiger partial charge < -0.3 is 9.84 Å². The van der Waals surface area contributed by atoms with Gasteiger partial charge in [0.05, 0.1) is 0 Å². The molecule has 1 aliphatic rings. The van der Waals surface area contributed by atoms with E-state index in [-0.39, 0.29) is 23.4 Å². The first-order chi connectivity index (χ1) is 8.89. The van der Waals surface area contributed by atoms with Crippen molar-refractivity contribution in [2.75, 3.05) is 0 Å². The summed E-state index contributed by atoms with van der Waals surface area (Å²) in [6.45, 7) is 0. The van der Waals surface area contributed by atoms with E-state index in [0.29, 0.717) is 0 Å². The van der Waals surface area contributed by atoms with Crippen LogP contribution in [-0.4, -0.2) is 23.1 Å². The van der Waals surface area contributed by atoms with Crippen molar-refractivity contribution >= 4 is 17.6 Å². The van der Waals surface area contributed by atoms with Crippen LogP contribution < -0.4 is 0 Å². The van der Waals surface area contributed by atoms with Gasteiger partial charge in [-0.15, -0.1) is 0 Å². The van der Waals surface area contributed by atoms with Crippen LogP contribution in [0.1, 0.15) is 30.9 Å². The smallest absolute Gasteiger partial charge is 0.339 e. The third-order valence-corrected chi connectivity index (χ3v) is 3.41. The van der Waals surface area contributed by atoms with Gasteiger partial charge in [-0.05, 0) is 12.5 Å². The standard InChI is InChI=1S/C13H13ClF2O3/c14-10-4-2-1-3-9(10)11(17)12(18)19-8-5-6-13(15,16)7-8/h1-4,8,11,17H,5-7H2/t8-,11-/m1/s1. The van der Waals surface area contributed by atoms with E-state index < -0.39 is 30.5 Å². The lowest BCUT2D eigenvalue weighted by Gasteiger charge is -2.16. The second-order valence-corrected chi connectivity index (χ2v) is 4.99. The fraction of sp³-hybridized carbons (Fsp3) is 0.462. The number of carbonyl (C=O) groups is 1. The minimum Gasteiger partial charge on any atom is -0.460 e. The highest BCUT2D eigenvalue weighted by molar-refractivity contribution is 6.31. The Morgan fingerprint density at radius 3 is 2.74 bits per heavy atom. The number of rotatable bonds is 3. The van der Waals surface area contributed by atoms with Crippen LogP contribution in [0, 0.1) is 0 Å². The molecule has 6 heteroatoms. The lowest BCUT2D eigenvalue weighted by molar-refractivity contribution is -0.160. The second kappa shape index (κ2) is 5.43. The molecule has 104 valence electrons. The van der Waals surface area contributed by atoms with Crippen LogP contribution in [0.15, 0.2) is 24.3 Å². The predicted octanol–water partition coefficient (Wildman–Crippen LogP) is 3.10. The quantitative estimate of drug-likeness (QED) is 0.870. The van der Waals surface area contributed by atoms with Crippen molar-refractivity contribution in [3.63, 3.8) is 0 Å². The van der Waals surface area contributed by atoms with E-state index in [1.165, 1.54) is 12.1 Å². The predicted molar refractivity (Wildman–Crippen MR) is 65.1 cm³/mol. The molecular formula is C13H13ClF2O3. The van der Waals surface area contributed by atoms with Crippen LogP contribution in [0.25, 0.3) is 0 Å². The number of alkyl halides is 2. The van der Waals surface area contributed by atoms with Crippen LogP contribution in [0.4, 0.5) is 8.78 Å². The number of aliphatic hydroxyl groups is 1. The molecule has 0 unspecified atom stereocenters. The van der Waals surface area contributed by atoms with E-state index in [2.05, 4.69) is 0 Å². The molecule has 0 bridgehead atoms. The number of esters is 1. The van der Waals surface area contributed by atoms with Gasteiger partial charge in [-0.3, -0.25) is 0 Å². The second-order valence-electron chi connectivity index (χ2n) is 4.58. The van der Waals surface area contributed by atoms with Crippen LogP contribution in [0.3, 0.4) is 0 Å². The number of aliphatic hydroxyl groups excluding tert-OH is 1. The Morgan fingerprint density at radius 2 is 2.16 bits per heavy atom. The molecule has 0 aromatic heterocycles. The molecule has 1 aromatic rings. The number of hydrogen-bond donors (Lipinski definition) is 1. The minimum absolute atomic E-state index is 0.105. The van der Waals surface area contributed by atoms with Gasteiger partial charge in [-0.25, -0.2) is 13.6 Å². The molecule has 1 aromatic carbocycles. The Hall–Kier alpha value is -1.20. The van der Waals surface area contributed by atoms with Crippen molar-refractivity contribution in [1.82, 2.24) is 0 Å². The van der Waals surface area contributed by atoms with Gasteiger partial charge in [0.2, 0.25) is 0 Å². The summed E-state index contributed by atoms with van der Waals surface area (Å²) in [7, 11) is 0. The Kier molecular flexibility index (Phi) is 4.06. The Labute approximate surface area is 114 Å². The topological polar surface area (TPSA) is 46.5 Å². The van der Waals surface area contributed by atoms with E-state index in [1.54, 1.807) is 12.1 Å². The first-order valence-corrected chi connectivity index (χ1v) is 6.28. The Bertz CT molecular complexity index is 479. The molecule has 1 N–H and O–H groups in total. The molecule has 2 rings (SSSR count). The van der Waals surface area contributed by atoms with Gasteiger partial charge in [-0.2, -0.15) is 0 Å². The summed E-state index contributed by atoms with van der Waals surface area (Å²) >= 11 is 5.84. The van der Waals surface area contributed by atoms with E-state index in [9.17, 15) is 18.7 Å². The largest absolute Gasteiger partial charge is 0.460 e. The van der Waals surface area contributed by atoms with E-state index in [0.717, 1.165) is 0 Å². The van der Waals surface area contributed by atoms with Crippen molar-refractivity contribution in [3.05, 3.63) is 34.9 Å². The fourth-order valence-corrected chi connectivity index (χ4v) is 2.30. The first kappa shape index (κ1) is 14.2. The summed E-state index contributed by atoms with van der Waals surface area (Å²) < 4.78 is 30.8. The normalized spacial score (nSPS) is 23.1. The molecular weight excluding hydrogens is 278 g/mol. The van der Waals surface area contributed by atoms with Crippen LogP contribution in [0.2, 0.25) is 5.02 Å². The molecule has 0 amide bonds. The van der Waals surface area contributed by atoms with E-state index in [1.807, 2.05) is 0 Å². The van der Waals surface area contributed by atoms with Crippen LogP contribution >= 0.6 is 11.6 Å². The Balaban J connectivity index is 1.99. The number of halogens is 3. The summed E-state index contributed by atoms with van der Waals surface area (Å²) in [6.07, 6.45) is -3.09. The molecule has 0 heterocycles. The van der Waals surface area contributed by atoms with Crippen molar-refractivity contribution in [2.24, 2.45) is 0 Å². The van der Waals surface area contributed by atoms with Crippen LogP contribution in [0.5, 0.6) is 0 Å². The summed E-state index contributed by atoms with van der Waals surface area (Å²) in [5, 5.41) is 10.0. The molecule has 0 aliphatic heterocycles. The van der Waals surface area contributed by atoms with E-state index in [4.69, 9.17) is 16.3 Å². The monoisotopic (exact) mass is 290 g/mol. The zero-order valence-corrected chi connectivity index (χ0v) is 10.7. The zero-order valence-electron chi connectivity index (χ0n) is 9.98. The highest BCUT2D eigenvalue weighted by Crippen LogP contribution is 2.37. The average Bonchev–Trinajstić information content (AvgIpc) is 2.68. The molecule has 3 nitrogen and oxygen atoms in total. The van der Waals surface area contributed by atoms with Crippen molar-refractivity contribution in [1.29, 1.82) is 0 Å². The third kappa shape index (κ3) is 3.42. The number of benzene rings is 1. The average molecular weight is 291 g/mol. The van der Waals surface area contributed by atoms with Gasteiger partial charge >= 0.3 is 5.97 Å². The van der Waals surface area contributed by atoms with Gasteiger partial charge in [-0.1, -0.05) is 29.8 Å². The maximum Gasteiger partial charge on any atom is 0.339 e. The van der Waals surface area contributed by atoms with Crippen molar-refractivity contribution < 1.29 is 23.4 Å². The summed E-state index contributed by atoms with van der Waals surface area (Å²) in [4.78, 5) is 11.7. The van der Waals surface area contributed by atoms with Gasteiger partial charge in [0.25, 0.3) is 5.92 Å². The molecule has 0 saturated heterocycles. The molecule has 2 atom stereocenters. The minimum atomic E-state index is -2.79. The third-order valence-electron chi connectivity index (χ3n) is 3.06.